The van der Waals surface area contributed by atoms with Crippen LogP contribution in [0.1, 0.15) is 30.2 Å². The SMILES string of the molecule is CCCNc1cnc(CSc2cc(C)ccc2C)cn1. The van der Waals surface area contributed by atoms with Gasteiger partial charge in [-0.15, -0.1) is 11.8 Å². The van der Waals surface area contributed by atoms with E-state index in [1.165, 1.54) is 16.0 Å². The fourth-order valence-corrected chi connectivity index (χ4v) is 2.81. The monoisotopic (exact) mass is 287 g/mol. The molecule has 1 heterocycles. The van der Waals surface area contributed by atoms with E-state index in [0.29, 0.717) is 0 Å². The molecule has 4 heteroatoms. The van der Waals surface area contributed by atoms with Gasteiger partial charge in [-0.2, -0.15) is 0 Å². The number of aromatic nitrogens is 2. The molecule has 1 N–H and O–H groups in total. The molecule has 0 radical (unpaired) electrons. The number of rotatable bonds is 6. The summed E-state index contributed by atoms with van der Waals surface area (Å²) in [6.45, 7) is 7.34. The molecule has 0 unspecified atom stereocenters. The van der Waals surface area contributed by atoms with Gasteiger partial charge in [0.25, 0.3) is 0 Å². The summed E-state index contributed by atoms with van der Waals surface area (Å²) in [6.07, 6.45) is 4.76. The molecule has 0 saturated heterocycles. The van der Waals surface area contributed by atoms with Crippen molar-refractivity contribution in [1.29, 1.82) is 0 Å². The normalized spacial score (nSPS) is 10.6. The molecule has 2 aromatic rings. The van der Waals surface area contributed by atoms with Crippen LogP contribution in [0.4, 0.5) is 5.82 Å². The molecule has 0 aliphatic heterocycles. The molecule has 0 spiro atoms. The highest BCUT2D eigenvalue weighted by atomic mass is 32.2. The minimum absolute atomic E-state index is 0.853. The smallest absolute Gasteiger partial charge is 0.144 e. The first-order chi connectivity index (χ1) is 9.69. The van der Waals surface area contributed by atoms with Crippen molar-refractivity contribution in [3.05, 3.63) is 47.4 Å². The molecule has 0 atom stereocenters. The second-order valence-corrected chi connectivity index (χ2v) is 5.89. The van der Waals surface area contributed by atoms with Crippen LogP contribution in [0.3, 0.4) is 0 Å². The first kappa shape index (κ1) is 14.9. The summed E-state index contributed by atoms with van der Waals surface area (Å²) < 4.78 is 0. The Balaban J connectivity index is 1.95. The van der Waals surface area contributed by atoms with Gasteiger partial charge in [0.15, 0.2) is 0 Å². The minimum atomic E-state index is 0.853. The van der Waals surface area contributed by atoms with Gasteiger partial charge in [0.1, 0.15) is 5.82 Å². The number of thioether (sulfide) groups is 1. The molecule has 0 aliphatic rings. The molecule has 1 aromatic carbocycles. The Bertz CT molecular complexity index is 552. The maximum Gasteiger partial charge on any atom is 0.144 e. The zero-order valence-electron chi connectivity index (χ0n) is 12.3. The van der Waals surface area contributed by atoms with Gasteiger partial charge in [0.05, 0.1) is 18.1 Å². The van der Waals surface area contributed by atoms with Crippen LogP contribution >= 0.6 is 11.8 Å². The molecule has 1 aromatic heterocycles. The molecule has 106 valence electrons. The van der Waals surface area contributed by atoms with E-state index >= 15 is 0 Å². The second-order valence-electron chi connectivity index (χ2n) is 4.88. The maximum atomic E-state index is 4.45. The van der Waals surface area contributed by atoms with E-state index in [0.717, 1.165) is 30.2 Å². The third kappa shape index (κ3) is 4.23. The van der Waals surface area contributed by atoms with E-state index in [9.17, 15) is 0 Å². The third-order valence-corrected chi connectivity index (χ3v) is 4.17. The van der Waals surface area contributed by atoms with Crippen molar-refractivity contribution < 1.29 is 0 Å². The summed E-state index contributed by atoms with van der Waals surface area (Å²) in [5.74, 6) is 1.71. The van der Waals surface area contributed by atoms with E-state index < -0.39 is 0 Å². The lowest BCUT2D eigenvalue weighted by atomic mass is 10.2. The van der Waals surface area contributed by atoms with E-state index in [4.69, 9.17) is 0 Å². The number of hydrogen-bond donors (Lipinski definition) is 1. The molecule has 0 amide bonds. The quantitative estimate of drug-likeness (QED) is 0.808. The number of nitrogens with zero attached hydrogens (tertiary/aromatic N) is 2. The first-order valence-corrected chi connectivity index (χ1v) is 7.92. The van der Waals surface area contributed by atoms with Crippen molar-refractivity contribution in [1.82, 2.24) is 9.97 Å². The van der Waals surface area contributed by atoms with Crippen molar-refractivity contribution in [2.75, 3.05) is 11.9 Å². The van der Waals surface area contributed by atoms with Gasteiger partial charge in [-0.25, -0.2) is 4.98 Å². The Morgan fingerprint density at radius 3 is 2.70 bits per heavy atom. The Labute approximate surface area is 125 Å². The highest BCUT2D eigenvalue weighted by molar-refractivity contribution is 7.98. The summed E-state index contributed by atoms with van der Waals surface area (Å²) >= 11 is 1.82. The summed E-state index contributed by atoms with van der Waals surface area (Å²) in [4.78, 5) is 10.2. The average Bonchev–Trinajstić information content (AvgIpc) is 2.47. The summed E-state index contributed by atoms with van der Waals surface area (Å²) in [5.41, 5.74) is 3.62. The van der Waals surface area contributed by atoms with Gasteiger partial charge in [-0.3, -0.25) is 4.98 Å². The van der Waals surface area contributed by atoms with Crippen LogP contribution in [0.5, 0.6) is 0 Å². The van der Waals surface area contributed by atoms with Gasteiger partial charge in [-0.1, -0.05) is 24.6 Å². The number of nitrogens with one attached hydrogen (secondary N) is 1. The van der Waals surface area contributed by atoms with E-state index in [-0.39, 0.29) is 0 Å². The van der Waals surface area contributed by atoms with Gasteiger partial charge in [0, 0.05) is 17.2 Å². The van der Waals surface area contributed by atoms with Crippen molar-refractivity contribution in [2.24, 2.45) is 0 Å². The van der Waals surface area contributed by atoms with E-state index in [1.807, 2.05) is 24.2 Å². The number of aryl methyl sites for hydroxylation is 2. The first-order valence-electron chi connectivity index (χ1n) is 6.94. The third-order valence-electron chi connectivity index (χ3n) is 2.98. The molecule has 0 bridgehead atoms. The topological polar surface area (TPSA) is 37.8 Å². The molecule has 20 heavy (non-hydrogen) atoms. The molecular formula is C16H21N3S. The average molecular weight is 287 g/mol. The van der Waals surface area contributed by atoms with Crippen molar-refractivity contribution >= 4 is 17.6 Å². The van der Waals surface area contributed by atoms with Gasteiger partial charge in [0.2, 0.25) is 0 Å². The summed E-state index contributed by atoms with van der Waals surface area (Å²) in [6, 6.07) is 6.54. The Morgan fingerprint density at radius 2 is 2.00 bits per heavy atom. The van der Waals surface area contributed by atoms with Gasteiger partial charge < -0.3 is 5.32 Å². The second kappa shape index (κ2) is 7.29. The van der Waals surface area contributed by atoms with Crippen LogP contribution in [0.2, 0.25) is 0 Å². The van der Waals surface area contributed by atoms with Crippen LogP contribution in [-0.4, -0.2) is 16.5 Å². The molecular weight excluding hydrogens is 266 g/mol. The van der Waals surface area contributed by atoms with Crippen LogP contribution < -0.4 is 5.32 Å². The van der Waals surface area contributed by atoms with Crippen LogP contribution in [-0.2, 0) is 5.75 Å². The summed E-state index contributed by atoms with van der Waals surface area (Å²) in [7, 11) is 0. The fraction of sp³-hybridized carbons (Fsp3) is 0.375. The lowest BCUT2D eigenvalue weighted by Gasteiger charge is -2.07. The molecule has 2 rings (SSSR count). The Hall–Kier alpha value is -1.55. The van der Waals surface area contributed by atoms with E-state index in [1.54, 1.807) is 0 Å². The van der Waals surface area contributed by atoms with Crippen molar-refractivity contribution in [3.8, 4) is 0 Å². The van der Waals surface area contributed by atoms with Crippen LogP contribution in [0, 0.1) is 13.8 Å². The van der Waals surface area contributed by atoms with Crippen LogP contribution in [0.15, 0.2) is 35.5 Å². The van der Waals surface area contributed by atoms with Gasteiger partial charge >= 0.3 is 0 Å². The zero-order valence-corrected chi connectivity index (χ0v) is 13.1. The van der Waals surface area contributed by atoms with Gasteiger partial charge in [-0.05, 0) is 31.9 Å². The summed E-state index contributed by atoms with van der Waals surface area (Å²) in [5, 5.41) is 3.23. The Kier molecular flexibility index (Phi) is 5.41. The van der Waals surface area contributed by atoms with Crippen molar-refractivity contribution in [2.45, 2.75) is 37.8 Å². The number of benzene rings is 1. The maximum absolute atomic E-state index is 4.45. The predicted molar refractivity (Wildman–Crippen MR) is 86.3 cm³/mol. The lowest BCUT2D eigenvalue weighted by Crippen LogP contribution is -2.02. The highest BCUT2D eigenvalue weighted by Crippen LogP contribution is 2.26. The zero-order chi connectivity index (χ0) is 14.4. The minimum Gasteiger partial charge on any atom is -0.369 e. The van der Waals surface area contributed by atoms with Crippen LogP contribution in [0.25, 0.3) is 0 Å². The fourth-order valence-electron chi connectivity index (χ4n) is 1.79. The number of hydrogen-bond acceptors (Lipinski definition) is 4. The highest BCUT2D eigenvalue weighted by Gasteiger charge is 2.02. The lowest BCUT2D eigenvalue weighted by molar-refractivity contribution is 0.960. The molecule has 0 aliphatic carbocycles. The molecule has 0 saturated carbocycles. The predicted octanol–water partition coefficient (Wildman–Crippen LogP) is 4.21. The molecule has 0 fully saturated rings. The Morgan fingerprint density at radius 1 is 1.15 bits per heavy atom. The number of anilines is 1. The largest absolute Gasteiger partial charge is 0.369 e. The molecule has 3 nitrogen and oxygen atoms in total. The van der Waals surface area contributed by atoms with E-state index in [2.05, 4.69) is 54.3 Å². The standard InChI is InChI=1S/C16H21N3S/c1-4-7-17-16-10-18-14(9-19-16)11-20-15-8-12(2)5-6-13(15)3/h5-6,8-10H,4,7,11H2,1-3H3,(H,17,19). The van der Waals surface area contributed by atoms with Crippen molar-refractivity contribution in [3.63, 3.8) is 0 Å².